The lowest BCUT2D eigenvalue weighted by Gasteiger charge is -2.23. The maximum absolute atomic E-state index is 11.9. The van der Waals surface area contributed by atoms with Crippen molar-refractivity contribution in [3.63, 3.8) is 0 Å². The highest BCUT2D eigenvalue weighted by molar-refractivity contribution is 5.91. The predicted octanol–water partition coefficient (Wildman–Crippen LogP) is 1.10. The first-order chi connectivity index (χ1) is 6.19. The van der Waals surface area contributed by atoms with Crippen LogP contribution < -0.4 is 5.32 Å². The molecule has 1 N–H and O–H groups in total. The van der Waals surface area contributed by atoms with E-state index in [1.165, 1.54) is 0 Å². The van der Waals surface area contributed by atoms with Crippen LogP contribution in [0, 0.1) is 0 Å². The summed E-state index contributed by atoms with van der Waals surface area (Å²) < 4.78 is 0. The van der Waals surface area contributed by atoms with Crippen LogP contribution in [-0.2, 0) is 4.79 Å². The third-order valence-corrected chi connectivity index (χ3v) is 3.25. The summed E-state index contributed by atoms with van der Waals surface area (Å²) in [5, 5.41) is 3.32. The Morgan fingerprint density at radius 1 is 1.62 bits per heavy atom. The molecule has 1 amide bonds. The molecule has 1 aliphatic heterocycles. The maximum atomic E-state index is 11.9. The summed E-state index contributed by atoms with van der Waals surface area (Å²) in [6.45, 7) is 5.07. The summed E-state index contributed by atoms with van der Waals surface area (Å²) in [4.78, 5) is 13.9. The van der Waals surface area contributed by atoms with E-state index in [1.54, 1.807) is 0 Å². The van der Waals surface area contributed by atoms with E-state index in [2.05, 4.69) is 19.2 Å². The molecule has 2 rings (SSSR count). The van der Waals surface area contributed by atoms with E-state index in [1.807, 2.05) is 4.90 Å². The Balaban J connectivity index is 1.98. The van der Waals surface area contributed by atoms with E-state index in [0.717, 1.165) is 32.4 Å². The van der Waals surface area contributed by atoms with Crippen molar-refractivity contribution in [3.8, 4) is 0 Å². The fourth-order valence-corrected chi connectivity index (χ4v) is 2.10. The fourth-order valence-electron chi connectivity index (χ4n) is 2.10. The van der Waals surface area contributed by atoms with E-state index < -0.39 is 0 Å². The molecule has 1 atom stereocenters. The first kappa shape index (κ1) is 9.00. The molecule has 1 heterocycles. The zero-order valence-corrected chi connectivity index (χ0v) is 8.47. The molecule has 13 heavy (non-hydrogen) atoms. The highest BCUT2D eigenvalue weighted by Crippen LogP contribution is 2.40. The van der Waals surface area contributed by atoms with Gasteiger partial charge in [0.25, 0.3) is 0 Å². The first-order valence-electron chi connectivity index (χ1n) is 5.26. The molecule has 2 aliphatic rings. The number of rotatable bonds is 3. The van der Waals surface area contributed by atoms with Gasteiger partial charge in [0.05, 0.1) is 12.2 Å². The second-order valence-corrected chi connectivity index (χ2v) is 4.33. The van der Waals surface area contributed by atoms with Crippen molar-refractivity contribution in [2.75, 3.05) is 6.67 Å². The topological polar surface area (TPSA) is 32.3 Å². The summed E-state index contributed by atoms with van der Waals surface area (Å²) in [5.74, 6) is 0.341. The van der Waals surface area contributed by atoms with Gasteiger partial charge < -0.3 is 4.90 Å². The van der Waals surface area contributed by atoms with Crippen molar-refractivity contribution < 1.29 is 4.79 Å². The summed E-state index contributed by atoms with van der Waals surface area (Å²) in [6.07, 6.45) is 4.35. The molecule has 1 unspecified atom stereocenters. The Kier molecular flexibility index (Phi) is 2.06. The van der Waals surface area contributed by atoms with Crippen molar-refractivity contribution in [2.24, 2.45) is 0 Å². The van der Waals surface area contributed by atoms with Crippen LogP contribution in [-0.4, -0.2) is 29.1 Å². The van der Waals surface area contributed by atoms with Gasteiger partial charge >= 0.3 is 0 Å². The second kappa shape index (κ2) is 2.98. The number of hydrogen-bond acceptors (Lipinski definition) is 2. The number of nitrogens with one attached hydrogen (secondary N) is 1. The Morgan fingerprint density at radius 2 is 2.31 bits per heavy atom. The van der Waals surface area contributed by atoms with Crippen molar-refractivity contribution in [3.05, 3.63) is 0 Å². The third kappa shape index (κ3) is 1.35. The van der Waals surface area contributed by atoms with Crippen LogP contribution in [0.25, 0.3) is 0 Å². The zero-order valence-electron chi connectivity index (χ0n) is 8.47. The highest BCUT2D eigenvalue weighted by atomic mass is 16.2. The van der Waals surface area contributed by atoms with Crippen LogP contribution in [0.3, 0.4) is 0 Å². The molecule has 1 spiro atoms. The average molecular weight is 182 g/mol. The van der Waals surface area contributed by atoms with Gasteiger partial charge in [-0.25, -0.2) is 0 Å². The molecule has 0 aromatic carbocycles. The molecular formula is C10H18N2O. The van der Waals surface area contributed by atoms with Crippen molar-refractivity contribution in [1.29, 1.82) is 0 Å². The number of hydrogen-bond donors (Lipinski definition) is 1. The number of carbonyl (C=O) groups excluding carboxylic acids is 1. The molecule has 0 aromatic rings. The Morgan fingerprint density at radius 3 is 2.77 bits per heavy atom. The Labute approximate surface area is 79.5 Å². The van der Waals surface area contributed by atoms with Gasteiger partial charge in [-0.15, -0.1) is 0 Å². The van der Waals surface area contributed by atoms with E-state index in [9.17, 15) is 4.79 Å². The quantitative estimate of drug-likeness (QED) is 0.708. The van der Waals surface area contributed by atoms with Gasteiger partial charge in [-0.3, -0.25) is 10.1 Å². The van der Waals surface area contributed by atoms with Crippen LogP contribution in [0.1, 0.15) is 39.5 Å². The summed E-state index contributed by atoms with van der Waals surface area (Å²) >= 11 is 0. The second-order valence-electron chi connectivity index (χ2n) is 4.33. The molecule has 0 bridgehead atoms. The molecule has 74 valence electrons. The van der Waals surface area contributed by atoms with Gasteiger partial charge in [0, 0.05) is 6.04 Å². The maximum Gasteiger partial charge on any atom is 0.244 e. The minimum Gasteiger partial charge on any atom is -0.326 e. The molecule has 1 aliphatic carbocycles. The predicted molar refractivity (Wildman–Crippen MR) is 51.2 cm³/mol. The van der Waals surface area contributed by atoms with E-state index >= 15 is 0 Å². The van der Waals surface area contributed by atoms with Crippen LogP contribution in [0.5, 0.6) is 0 Å². The van der Waals surface area contributed by atoms with Gasteiger partial charge in [0.1, 0.15) is 0 Å². The van der Waals surface area contributed by atoms with E-state index in [4.69, 9.17) is 0 Å². The number of carbonyl (C=O) groups is 1. The lowest BCUT2D eigenvalue weighted by atomic mass is 10.1. The molecule has 0 radical (unpaired) electrons. The molecule has 2 fully saturated rings. The minimum atomic E-state index is -0.109. The molecule has 3 heteroatoms. The average Bonchev–Trinajstić information content (AvgIpc) is 2.78. The lowest BCUT2D eigenvalue weighted by molar-refractivity contribution is -0.131. The molecule has 0 aromatic heterocycles. The van der Waals surface area contributed by atoms with Crippen LogP contribution in [0.2, 0.25) is 0 Å². The van der Waals surface area contributed by atoms with Crippen molar-refractivity contribution in [2.45, 2.75) is 51.1 Å². The highest BCUT2D eigenvalue weighted by Gasteiger charge is 2.56. The summed E-state index contributed by atoms with van der Waals surface area (Å²) in [5.41, 5.74) is -0.109. The van der Waals surface area contributed by atoms with Crippen molar-refractivity contribution in [1.82, 2.24) is 10.2 Å². The van der Waals surface area contributed by atoms with Gasteiger partial charge in [-0.05, 0) is 26.2 Å². The minimum absolute atomic E-state index is 0.109. The summed E-state index contributed by atoms with van der Waals surface area (Å²) in [6, 6.07) is 0.407. The first-order valence-corrected chi connectivity index (χ1v) is 5.26. The third-order valence-electron chi connectivity index (χ3n) is 3.25. The van der Waals surface area contributed by atoms with Gasteiger partial charge in [-0.1, -0.05) is 13.3 Å². The van der Waals surface area contributed by atoms with Crippen LogP contribution in [0.4, 0.5) is 0 Å². The van der Waals surface area contributed by atoms with Crippen LogP contribution >= 0.6 is 0 Å². The molecule has 1 saturated carbocycles. The van der Waals surface area contributed by atoms with Gasteiger partial charge in [0.2, 0.25) is 5.91 Å². The zero-order chi connectivity index (χ0) is 9.47. The van der Waals surface area contributed by atoms with Crippen LogP contribution in [0.15, 0.2) is 0 Å². The van der Waals surface area contributed by atoms with Crippen molar-refractivity contribution >= 4 is 5.91 Å². The molecular weight excluding hydrogens is 164 g/mol. The SMILES string of the molecule is CCCC(C)N1CNC2(CC2)C1=O. The number of nitrogens with zero attached hydrogens (tertiary/aromatic N) is 1. The summed E-state index contributed by atoms with van der Waals surface area (Å²) in [7, 11) is 0. The Hall–Kier alpha value is -0.570. The van der Waals surface area contributed by atoms with E-state index in [0.29, 0.717) is 11.9 Å². The smallest absolute Gasteiger partial charge is 0.244 e. The van der Waals surface area contributed by atoms with Gasteiger partial charge in [-0.2, -0.15) is 0 Å². The normalized spacial score (nSPS) is 26.9. The Bertz CT molecular complexity index is 223. The fraction of sp³-hybridized carbons (Fsp3) is 0.900. The lowest BCUT2D eigenvalue weighted by Crippen LogP contribution is -2.37. The monoisotopic (exact) mass is 182 g/mol. The molecule has 3 nitrogen and oxygen atoms in total. The van der Waals surface area contributed by atoms with E-state index in [-0.39, 0.29) is 5.54 Å². The van der Waals surface area contributed by atoms with Gasteiger partial charge in [0.15, 0.2) is 0 Å². The standard InChI is InChI=1S/C10H18N2O/c1-3-4-8(2)12-7-11-10(5-6-10)9(12)13/h8,11H,3-7H2,1-2H3. The number of amides is 1. The molecule has 1 saturated heterocycles. The largest absolute Gasteiger partial charge is 0.326 e.